The van der Waals surface area contributed by atoms with Gasteiger partial charge in [-0.2, -0.15) is 0 Å². The first-order valence-electron chi connectivity index (χ1n) is 12.2. The van der Waals surface area contributed by atoms with Crippen molar-refractivity contribution < 1.29 is 22.6 Å². The first kappa shape index (κ1) is 25.0. The van der Waals surface area contributed by atoms with Crippen LogP contribution in [-0.2, 0) is 10.0 Å². The lowest BCUT2D eigenvalue weighted by atomic mass is 9.77. The maximum Gasteiger partial charge on any atom is 0.261 e. The second-order valence-corrected chi connectivity index (χ2v) is 11.3. The highest BCUT2D eigenvalue weighted by molar-refractivity contribution is 7.92. The molecule has 3 atom stereocenters. The molecular formula is C29H32N2O5S. The standard InChI is InChI=1S/C29H32N2O5S/c1-17-9-11-24(18(2)13-17)31-37(32,33)20-10-12-25-23(16-20)21-7-6-8-22(21)28(30-25)19-14-26(34-3)29(36-5)27(15-19)35-4/h6-7,9-16,21-22,28,30-31H,8H2,1-5H3/t21-,22+,28+/m0/s1. The minimum absolute atomic E-state index is 0.0167. The van der Waals surface area contributed by atoms with E-state index in [4.69, 9.17) is 14.2 Å². The highest BCUT2D eigenvalue weighted by Crippen LogP contribution is 2.52. The van der Waals surface area contributed by atoms with Crippen LogP contribution in [0.1, 0.15) is 40.6 Å². The number of anilines is 2. The molecule has 3 aromatic carbocycles. The SMILES string of the molecule is COc1cc([C@H]2Nc3ccc(S(=O)(=O)Nc4ccc(C)cc4C)cc3[C@H]3C=CC[C@H]32)cc(OC)c1OC. The number of nitrogens with one attached hydrogen (secondary N) is 2. The zero-order valence-electron chi connectivity index (χ0n) is 21.7. The van der Waals surface area contributed by atoms with Gasteiger partial charge in [-0.3, -0.25) is 4.72 Å². The number of sulfonamides is 1. The van der Waals surface area contributed by atoms with Crippen LogP contribution in [0.5, 0.6) is 17.2 Å². The highest BCUT2D eigenvalue weighted by atomic mass is 32.2. The van der Waals surface area contributed by atoms with Crippen molar-refractivity contribution >= 4 is 21.4 Å². The molecule has 0 spiro atoms. The second-order valence-electron chi connectivity index (χ2n) is 9.61. The maximum atomic E-state index is 13.3. The normalized spacial score (nSPS) is 20.0. The molecule has 3 aromatic rings. The zero-order chi connectivity index (χ0) is 26.3. The van der Waals surface area contributed by atoms with Crippen LogP contribution in [0.2, 0.25) is 0 Å². The van der Waals surface area contributed by atoms with E-state index in [2.05, 4.69) is 22.2 Å². The Bertz CT molecular complexity index is 1460. The fraction of sp³-hybridized carbons (Fsp3) is 0.310. The van der Waals surface area contributed by atoms with E-state index in [1.807, 2.05) is 44.2 Å². The summed E-state index contributed by atoms with van der Waals surface area (Å²) in [5.74, 6) is 2.05. The van der Waals surface area contributed by atoms with E-state index in [1.54, 1.807) is 39.5 Å². The molecule has 194 valence electrons. The summed E-state index contributed by atoms with van der Waals surface area (Å²) in [5, 5.41) is 3.66. The van der Waals surface area contributed by atoms with Gasteiger partial charge in [-0.15, -0.1) is 0 Å². The van der Waals surface area contributed by atoms with Gasteiger partial charge in [0.15, 0.2) is 11.5 Å². The van der Waals surface area contributed by atoms with Gasteiger partial charge in [0.05, 0.1) is 38.0 Å². The lowest BCUT2D eigenvalue weighted by molar-refractivity contribution is 0.322. The number of allylic oxidation sites excluding steroid dienone is 2. The Labute approximate surface area is 218 Å². The smallest absolute Gasteiger partial charge is 0.261 e. The van der Waals surface area contributed by atoms with Crippen molar-refractivity contribution in [2.75, 3.05) is 31.4 Å². The molecule has 2 N–H and O–H groups in total. The van der Waals surface area contributed by atoms with Crippen LogP contribution in [0.15, 0.2) is 65.6 Å². The van der Waals surface area contributed by atoms with Crippen LogP contribution in [0.4, 0.5) is 11.4 Å². The average Bonchev–Trinajstić information content (AvgIpc) is 3.39. The van der Waals surface area contributed by atoms with E-state index in [-0.39, 0.29) is 22.8 Å². The summed E-state index contributed by atoms with van der Waals surface area (Å²) < 4.78 is 46.1. The van der Waals surface area contributed by atoms with Crippen LogP contribution in [0.25, 0.3) is 0 Å². The Balaban J connectivity index is 1.50. The molecule has 8 heteroatoms. The van der Waals surface area contributed by atoms with Gasteiger partial charge in [0.25, 0.3) is 10.0 Å². The first-order valence-corrected chi connectivity index (χ1v) is 13.7. The molecule has 1 heterocycles. The Morgan fingerprint density at radius 1 is 0.919 bits per heavy atom. The van der Waals surface area contributed by atoms with Crippen LogP contribution in [0, 0.1) is 19.8 Å². The van der Waals surface area contributed by atoms with Crippen LogP contribution >= 0.6 is 0 Å². The Morgan fingerprint density at radius 2 is 1.65 bits per heavy atom. The molecule has 0 radical (unpaired) electrons. The van der Waals surface area contributed by atoms with Gasteiger partial charge in [0, 0.05) is 11.6 Å². The van der Waals surface area contributed by atoms with Crippen molar-refractivity contribution in [1.29, 1.82) is 0 Å². The largest absolute Gasteiger partial charge is 0.493 e. The van der Waals surface area contributed by atoms with E-state index >= 15 is 0 Å². The lowest BCUT2D eigenvalue weighted by Crippen LogP contribution is -2.29. The quantitative estimate of drug-likeness (QED) is 0.374. The lowest BCUT2D eigenvalue weighted by Gasteiger charge is -2.38. The third-order valence-electron chi connectivity index (χ3n) is 7.32. The van der Waals surface area contributed by atoms with Gasteiger partial charge in [0.2, 0.25) is 5.75 Å². The van der Waals surface area contributed by atoms with Gasteiger partial charge in [-0.1, -0.05) is 29.8 Å². The highest BCUT2D eigenvalue weighted by Gasteiger charge is 2.39. The fourth-order valence-electron chi connectivity index (χ4n) is 5.48. The molecule has 0 fully saturated rings. The number of fused-ring (bicyclic) bond motifs is 3. The summed E-state index contributed by atoms with van der Waals surface area (Å²) >= 11 is 0. The minimum Gasteiger partial charge on any atom is -0.493 e. The zero-order valence-corrected chi connectivity index (χ0v) is 22.5. The number of hydrogen-bond donors (Lipinski definition) is 2. The summed E-state index contributed by atoms with van der Waals surface area (Å²) in [4.78, 5) is 0.248. The summed E-state index contributed by atoms with van der Waals surface area (Å²) in [6.45, 7) is 3.89. The van der Waals surface area contributed by atoms with Gasteiger partial charge in [-0.05, 0) is 79.3 Å². The number of benzene rings is 3. The van der Waals surface area contributed by atoms with Gasteiger partial charge >= 0.3 is 0 Å². The van der Waals surface area contributed by atoms with Crippen LogP contribution in [0.3, 0.4) is 0 Å². The van der Waals surface area contributed by atoms with Crippen molar-refractivity contribution in [1.82, 2.24) is 0 Å². The predicted octanol–water partition coefficient (Wildman–Crippen LogP) is 5.96. The topological polar surface area (TPSA) is 85.9 Å². The number of methoxy groups -OCH3 is 3. The molecule has 0 saturated heterocycles. The monoisotopic (exact) mass is 520 g/mol. The Hall–Kier alpha value is -3.65. The van der Waals surface area contributed by atoms with Crippen molar-refractivity contribution in [3.8, 4) is 17.2 Å². The average molecular weight is 521 g/mol. The summed E-state index contributed by atoms with van der Waals surface area (Å²) in [5.41, 5.74) is 5.47. The molecule has 5 rings (SSSR count). The van der Waals surface area contributed by atoms with E-state index in [9.17, 15) is 8.42 Å². The number of ether oxygens (including phenoxy) is 3. The Kier molecular flexibility index (Phi) is 6.54. The molecule has 0 amide bonds. The van der Waals surface area contributed by atoms with Gasteiger partial charge < -0.3 is 19.5 Å². The minimum atomic E-state index is -3.75. The van der Waals surface area contributed by atoms with E-state index in [0.29, 0.717) is 22.9 Å². The molecular weight excluding hydrogens is 488 g/mol. The number of aryl methyl sites for hydroxylation is 2. The van der Waals surface area contributed by atoms with Crippen molar-refractivity contribution in [3.05, 3.63) is 82.9 Å². The number of hydrogen-bond acceptors (Lipinski definition) is 6. The van der Waals surface area contributed by atoms with Gasteiger partial charge in [0.1, 0.15) is 0 Å². The molecule has 1 aliphatic carbocycles. The molecule has 0 aromatic heterocycles. The molecule has 0 unspecified atom stereocenters. The Morgan fingerprint density at radius 3 is 2.30 bits per heavy atom. The molecule has 0 bridgehead atoms. The molecule has 1 aliphatic heterocycles. The predicted molar refractivity (Wildman–Crippen MR) is 146 cm³/mol. The van der Waals surface area contributed by atoms with Crippen molar-refractivity contribution in [3.63, 3.8) is 0 Å². The van der Waals surface area contributed by atoms with E-state index in [1.165, 1.54) is 0 Å². The summed E-state index contributed by atoms with van der Waals surface area (Å²) in [6.07, 6.45) is 5.23. The summed E-state index contributed by atoms with van der Waals surface area (Å²) in [6, 6.07) is 14.9. The fourth-order valence-corrected chi connectivity index (χ4v) is 6.65. The third kappa shape index (κ3) is 4.50. The number of rotatable bonds is 7. The van der Waals surface area contributed by atoms with Crippen LogP contribution < -0.4 is 24.2 Å². The van der Waals surface area contributed by atoms with Crippen molar-refractivity contribution in [2.45, 2.75) is 37.1 Å². The van der Waals surface area contributed by atoms with E-state index < -0.39 is 10.0 Å². The molecule has 37 heavy (non-hydrogen) atoms. The van der Waals surface area contributed by atoms with Crippen molar-refractivity contribution in [2.24, 2.45) is 5.92 Å². The summed E-state index contributed by atoms with van der Waals surface area (Å²) in [7, 11) is 1.06. The first-order chi connectivity index (χ1) is 17.7. The third-order valence-corrected chi connectivity index (χ3v) is 8.68. The van der Waals surface area contributed by atoms with Gasteiger partial charge in [-0.25, -0.2) is 8.42 Å². The molecule has 2 aliphatic rings. The maximum absolute atomic E-state index is 13.3. The molecule has 0 saturated carbocycles. The van der Waals surface area contributed by atoms with E-state index in [0.717, 1.165) is 34.4 Å². The molecule has 7 nitrogen and oxygen atoms in total. The second kappa shape index (κ2) is 9.67. The van der Waals surface area contributed by atoms with Crippen LogP contribution in [-0.4, -0.2) is 29.7 Å².